The van der Waals surface area contributed by atoms with Crippen molar-refractivity contribution < 1.29 is 5.11 Å². The molecule has 0 saturated heterocycles. The third-order valence-corrected chi connectivity index (χ3v) is 2.14. The summed E-state index contributed by atoms with van der Waals surface area (Å²) >= 11 is 0. The number of nitrogens with zero attached hydrogens (tertiary/aromatic N) is 3. The van der Waals surface area contributed by atoms with Crippen LogP contribution in [-0.4, -0.2) is 25.6 Å². The number of aromatic nitrogens is 3. The van der Waals surface area contributed by atoms with E-state index in [-0.39, 0.29) is 11.7 Å². The van der Waals surface area contributed by atoms with Crippen molar-refractivity contribution >= 4 is 0 Å². The first kappa shape index (κ1) is 9.98. The molecule has 0 saturated carbocycles. The summed E-state index contributed by atoms with van der Waals surface area (Å²) < 4.78 is 2.72. The quantitative estimate of drug-likeness (QED) is 0.716. The molecule has 13 heavy (non-hydrogen) atoms. The molecular formula is C8H15N3O2. The lowest BCUT2D eigenvalue weighted by Crippen LogP contribution is -2.32. The Bertz CT molecular complexity index is 326. The normalized spacial score (nSPS) is 15.7. The highest BCUT2D eigenvalue weighted by Gasteiger charge is 2.18. The summed E-state index contributed by atoms with van der Waals surface area (Å²) in [5.74, 6) is 0. The maximum Gasteiger partial charge on any atom is 0.345 e. The molecule has 2 atom stereocenters. The van der Waals surface area contributed by atoms with E-state index in [0.29, 0.717) is 6.42 Å². The third kappa shape index (κ3) is 1.80. The summed E-state index contributed by atoms with van der Waals surface area (Å²) in [5, 5.41) is 13.3. The largest absolute Gasteiger partial charge is 0.391 e. The fourth-order valence-electron chi connectivity index (χ4n) is 1.34. The zero-order chi connectivity index (χ0) is 10.0. The maximum absolute atomic E-state index is 11.4. The van der Waals surface area contributed by atoms with Crippen LogP contribution in [0.15, 0.2) is 11.1 Å². The summed E-state index contributed by atoms with van der Waals surface area (Å²) in [6, 6.07) is -0.228. The first-order chi connectivity index (χ1) is 6.07. The molecule has 0 amide bonds. The van der Waals surface area contributed by atoms with Crippen molar-refractivity contribution in [1.82, 2.24) is 14.3 Å². The average Bonchev–Trinajstić information content (AvgIpc) is 2.37. The number of aliphatic hydroxyl groups excluding tert-OH is 1. The van der Waals surface area contributed by atoms with Crippen LogP contribution in [0.4, 0.5) is 0 Å². The molecule has 74 valence electrons. The first-order valence-electron chi connectivity index (χ1n) is 4.36. The van der Waals surface area contributed by atoms with Crippen molar-refractivity contribution in [3.63, 3.8) is 0 Å². The topological polar surface area (TPSA) is 60.0 Å². The van der Waals surface area contributed by atoms with Crippen LogP contribution in [-0.2, 0) is 7.05 Å². The van der Waals surface area contributed by atoms with E-state index in [2.05, 4.69) is 5.10 Å². The van der Waals surface area contributed by atoms with Crippen molar-refractivity contribution in [2.75, 3.05) is 0 Å². The summed E-state index contributed by atoms with van der Waals surface area (Å²) in [4.78, 5) is 11.4. The molecule has 1 aromatic heterocycles. The number of aryl methyl sites for hydroxylation is 1. The fraction of sp³-hybridized carbons (Fsp3) is 0.750. The highest BCUT2D eigenvalue weighted by Crippen LogP contribution is 2.11. The smallest absolute Gasteiger partial charge is 0.345 e. The zero-order valence-corrected chi connectivity index (χ0v) is 8.14. The monoisotopic (exact) mass is 185 g/mol. The Hall–Kier alpha value is -1.10. The van der Waals surface area contributed by atoms with Crippen LogP contribution in [0.5, 0.6) is 0 Å². The van der Waals surface area contributed by atoms with Crippen LogP contribution < -0.4 is 5.69 Å². The molecule has 0 bridgehead atoms. The molecule has 0 aliphatic heterocycles. The van der Waals surface area contributed by atoms with E-state index in [1.807, 2.05) is 6.92 Å². The van der Waals surface area contributed by atoms with Gasteiger partial charge in [0.05, 0.1) is 12.1 Å². The van der Waals surface area contributed by atoms with Gasteiger partial charge < -0.3 is 5.11 Å². The van der Waals surface area contributed by atoms with E-state index in [1.165, 1.54) is 15.6 Å². The van der Waals surface area contributed by atoms with Gasteiger partial charge in [-0.15, -0.1) is 0 Å². The fourth-order valence-corrected chi connectivity index (χ4v) is 1.34. The average molecular weight is 185 g/mol. The predicted molar refractivity (Wildman–Crippen MR) is 48.5 cm³/mol. The highest BCUT2D eigenvalue weighted by molar-refractivity contribution is 4.75. The lowest BCUT2D eigenvalue weighted by atomic mass is 10.1. The molecule has 0 unspecified atom stereocenters. The molecule has 0 radical (unpaired) electrons. The van der Waals surface area contributed by atoms with Gasteiger partial charge in [-0.3, -0.25) is 4.57 Å². The molecule has 5 heteroatoms. The van der Waals surface area contributed by atoms with E-state index >= 15 is 0 Å². The molecule has 1 heterocycles. The zero-order valence-electron chi connectivity index (χ0n) is 8.14. The lowest BCUT2D eigenvalue weighted by molar-refractivity contribution is 0.118. The van der Waals surface area contributed by atoms with Crippen molar-refractivity contribution in [2.24, 2.45) is 7.05 Å². The molecule has 0 spiro atoms. The molecule has 5 nitrogen and oxygen atoms in total. The van der Waals surface area contributed by atoms with Gasteiger partial charge in [0, 0.05) is 7.05 Å². The standard InChI is InChI=1S/C8H15N3O2/c1-4-7(6(2)12)11-8(13)10(3)5-9-11/h5-7,12H,4H2,1-3H3/t6-,7-/m0/s1. The van der Waals surface area contributed by atoms with Gasteiger partial charge in [-0.2, -0.15) is 5.10 Å². The molecule has 1 aromatic rings. The molecule has 0 aliphatic rings. The minimum Gasteiger partial charge on any atom is -0.391 e. The van der Waals surface area contributed by atoms with Gasteiger partial charge in [0.1, 0.15) is 6.33 Å². The number of rotatable bonds is 3. The Morgan fingerprint density at radius 3 is 2.62 bits per heavy atom. The first-order valence-corrected chi connectivity index (χ1v) is 4.36. The highest BCUT2D eigenvalue weighted by atomic mass is 16.3. The van der Waals surface area contributed by atoms with E-state index in [9.17, 15) is 9.90 Å². The van der Waals surface area contributed by atoms with Gasteiger partial charge in [-0.05, 0) is 13.3 Å². The summed E-state index contributed by atoms with van der Waals surface area (Å²) in [7, 11) is 1.64. The van der Waals surface area contributed by atoms with Gasteiger partial charge in [0.15, 0.2) is 0 Å². The van der Waals surface area contributed by atoms with Gasteiger partial charge in [0.25, 0.3) is 0 Å². The second-order valence-electron chi connectivity index (χ2n) is 3.19. The molecule has 0 aromatic carbocycles. The van der Waals surface area contributed by atoms with Crippen LogP contribution in [0, 0.1) is 0 Å². The van der Waals surface area contributed by atoms with Crippen molar-refractivity contribution in [3.8, 4) is 0 Å². The van der Waals surface area contributed by atoms with E-state index in [1.54, 1.807) is 14.0 Å². The Morgan fingerprint density at radius 2 is 2.31 bits per heavy atom. The van der Waals surface area contributed by atoms with Crippen LogP contribution >= 0.6 is 0 Å². The Morgan fingerprint density at radius 1 is 1.69 bits per heavy atom. The number of hydrogen-bond acceptors (Lipinski definition) is 3. The van der Waals surface area contributed by atoms with E-state index in [0.717, 1.165) is 0 Å². The van der Waals surface area contributed by atoms with Crippen LogP contribution in [0.25, 0.3) is 0 Å². The number of aliphatic hydroxyl groups is 1. The SMILES string of the molecule is CC[C@@H]([C@H](C)O)n1ncn(C)c1=O. The van der Waals surface area contributed by atoms with E-state index < -0.39 is 6.10 Å². The summed E-state index contributed by atoms with van der Waals surface area (Å²) in [6.45, 7) is 3.58. The van der Waals surface area contributed by atoms with Crippen molar-refractivity contribution in [2.45, 2.75) is 32.4 Å². The summed E-state index contributed by atoms with van der Waals surface area (Å²) in [6.07, 6.45) is 1.58. The predicted octanol–water partition coefficient (Wildman–Crippen LogP) is -0.0863. The number of hydrogen-bond donors (Lipinski definition) is 1. The van der Waals surface area contributed by atoms with Gasteiger partial charge in [-0.25, -0.2) is 9.48 Å². The maximum atomic E-state index is 11.4. The minimum absolute atomic E-state index is 0.187. The minimum atomic E-state index is -0.558. The Balaban J connectivity index is 3.05. The van der Waals surface area contributed by atoms with Crippen LogP contribution in [0.1, 0.15) is 26.3 Å². The molecular weight excluding hydrogens is 170 g/mol. The van der Waals surface area contributed by atoms with Gasteiger partial charge >= 0.3 is 5.69 Å². The van der Waals surface area contributed by atoms with Crippen molar-refractivity contribution in [1.29, 1.82) is 0 Å². The lowest BCUT2D eigenvalue weighted by Gasteiger charge is -2.16. The van der Waals surface area contributed by atoms with Gasteiger partial charge in [0.2, 0.25) is 0 Å². The Labute approximate surface area is 76.6 Å². The van der Waals surface area contributed by atoms with Crippen molar-refractivity contribution in [3.05, 3.63) is 16.8 Å². The Kier molecular flexibility index (Phi) is 2.87. The molecule has 1 rings (SSSR count). The van der Waals surface area contributed by atoms with Crippen LogP contribution in [0.3, 0.4) is 0 Å². The second kappa shape index (κ2) is 3.74. The second-order valence-corrected chi connectivity index (χ2v) is 3.19. The molecule has 1 N–H and O–H groups in total. The third-order valence-electron chi connectivity index (χ3n) is 2.14. The van der Waals surface area contributed by atoms with Gasteiger partial charge in [-0.1, -0.05) is 6.92 Å². The van der Waals surface area contributed by atoms with Crippen LogP contribution in [0.2, 0.25) is 0 Å². The van der Waals surface area contributed by atoms with E-state index in [4.69, 9.17) is 0 Å². The molecule has 0 aliphatic carbocycles. The molecule has 0 fully saturated rings. The summed E-state index contributed by atoms with van der Waals surface area (Å²) in [5.41, 5.74) is -0.187.